The quantitative estimate of drug-likeness (QED) is 0.912. The van der Waals surface area contributed by atoms with Gasteiger partial charge in [0.2, 0.25) is 5.95 Å². The number of nitrogens with one attached hydrogen (secondary N) is 1. The fourth-order valence-electron chi connectivity index (χ4n) is 3.30. The van der Waals surface area contributed by atoms with Crippen LogP contribution in [0.1, 0.15) is 37.8 Å². The number of aryl methyl sites for hydroxylation is 2. The van der Waals surface area contributed by atoms with Gasteiger partial charge >= 0.3 is 0 Å². The second-order valence-electron chi connectivity index (χ2n) is 6.52. The van der Waals surface area contributed by atoms with E-state index in [0.29, 0.717) is 5.95 Å². The maximum Gasteiger partial charge on any atom is 0.229 e. The molecule has 1 N–H and O–H groups in total. The van der Waals surface area contributed by atoms with E-state index in [4.69, 9.17) is 4.98 Å². The molecule has 1 aliphatic rings. The number of hydrogen-bond acceptors (Lipinski definition) is 4. The highest BCUT2D eigenvalue weighted by Crippen LogP contribution is 2.26. The van der Waals surface area contributed by atoms with E-state index in [-0.39, 0.29) is 0 Å². The van der Waals surface area contributed by atoms with E-state index in [1.807, 2.05) is 12.3 Å². The van der Waals surface area contributed by atoms with Gasteiger partial charge in [0.1, 0.15) is 5.82 Å². The third-order valence-corrected chi connectivity index (χ3v) is 4.60. The number of para-hydroxylation sites is 1. The average Bonchev–Trinajstić information content (AvgIpc) is 2.57. The molecule has 2 aromatic rings. The lowest BCUT2D eigenvalue weighted by Gasteiger charge is -2.31. The minimum absolute atomic E-state index is 0.685. The molecule has 1 aromatic carbocycles. The van der Waals surface area contributed by atoms with Crippen LogP contribution in [0.2, 0.25) is 0 Å². The standard InChI is InChI=1S/C19H26N4/c1-4-16-9-5-8-15(3)18(16)22-19-20-11-10-17(21-19)23-12-6-7-14(2)13-23/h5,8-11,14H,4,6-7,12-13H2,1-3H3,(H,20,21,22). The van der Waals surface area contributed by atoms with Crippen LogP contribution in [0.4, 0.5) is 17.5 Å². The van der Waals surface area contributed by atoms with E-state index in [1.165, 1.54) is 24.0 Å². The number of anilines is 3. The average molecular weight is 310 g/mol. The van der Waals surface area contributed by atoms with Crippen LogP contribution in [0.25, 0.3) is 0 Å². The fourth-order valence-corrected chi connectivity index (χ4v) is 3.30. The Kier molecular flexibility index (Phi) is 4.79. The Morgan fingerprint density at radius 3 is 2.96 bits per heavy atom. The first-order valence-corrected chi connectivity index (χ1v) is 8.61. The minimum Gasteiger partial charge on any atom is -0.356 e. The van der Waals surface area contributed by atoms with Gasteiger partial charge in [0.25, 0.3) is 0 Å². The molecule has 1 aromatic heterocycles. The molecule has 3 rings (SSSR count). The van der Waals surface area contributed by atoms with Gasteiger partial charge in [-0.2, -0.15) is 4.98 Å². The van der Waals surface area contributed by atoms with Crippen molar-refractivity contribution < 1.29 is 0 Å². The van der Waals surface area contributed by atoms with Crippen molar-refractivity contribution in [2.45, 2.75) is 40.0 Å². The number of nitrogens with zero attached hydrogens (tertiary/aromatic N) is 3. The summed E-state index contributed by atoms with van der Waals surface area (Å²) in [4.78, 5) is 11.5. The van der Waals surface area contributed by atoms with Gasteiger partial charge in [0, 0.05) is 25.0 Å². The van der Waals surface area contributed by atoms with Crippen molar-refractivity contribution in [1.29, 1.82) is 0 Å². The Morgan fingerprint density at radius 1 is 1.30 bits per heavy atom. The smallest absolute Gasteiger partial charge is 0.229 e. The summed E-state index contributed by atoms with van der Waals surface area (Å²) in [6.07, 6.45) is 5.41. The van der Waals surface area contributed by atoms with Crippen molar-refractivity contribution >= 4 is 17.5 Å². The Morgan fingerprint density at radius 2 is 2.17 bits per heavy atom. The minimum atomic E-state index is 0.685. The first-order chi connectivity index (χ1) is 11.2. The van der Waals surface area contributed by atoms with Gasteiger partial charge in [0.15, 0.2) is 0 Å². The lowest BCUT2D eigenvalue weighted by molar-refractivity contribution is 0.444. The molecule has 0 bridgehead atoms. The van der Waals surface area contributed by atoms with Crippen LogP contribution in [0.15, 0.2) is 30.5 Å². The van der Waals surface area contributed by atoms with Crippen molar-refractivity contribution in [3.05, 3.63) is 41.6 Å². The highest BCUT2D eigenvalue weighted by atomic mass is 15.2. The molecule has 1 aliphatic heterocycles. The Balaban J connectivity index is 1.83. The second-order valence-corrected chi connectivity index (χ2v) is 6.52. The Labute approximate surface area is 139 Å². The first kappa shape index (κ1) is 15.8. The molecule has 23 heavy (non-hydrogen) atoms. The van der Waals surface area contributed by atoms with Gasteiger partial charge in [-0.15, -0.1) is 0 Å². The third-order valence-electron chi connectivity index (χ3n) is 4.60. The molecule has 122 valence electrons. The number of rotatable bonds is 4. The molecule has 1 atom stereocenters. The second kappa shape index (κ2) is 6.99. The van der Waals surface area contributed by atoms with E-state index >= 15 is 0 Å². The van der Waals surface area contributed by atoms with Crippen molar-refractivity contribution in [1.82, 2.24) is 9.97 Å². The predicted molar refractivity (Wildman–Crippen MR) is 96.5 cm³/mol. The zero-order chi connectivity index (χ0) is 16.2. The molecule has 0 aliphatic carbocycles. The summed E-state index contributed by atoms with van der Waals surface area (Å²) in [5, 5.41) is 3.43. The highest BCUT2D eigenvalue weighted by molar-refractivity contribution is 5.63. The Bertz CT molecular complexity index is 668. The van der Waals surface area contributed by atoms with Gasteiger partial charge in [-0.1, -0.05) is 32.0 Å². The largest absolute Gasteiger partial charge is 0.356 e. The van der Waals surface area contributed by atoms with Crippen molar-refractivity contribution in [3.63, 3.8) is 0 Å². The fraction of sp³-hybridized carbons (Fsp3) is 0.474. The molecule has 4 heteroatoms. The summed E-state index contributed by atoms with van der Waals surface area (Å²) in [6, 6.07) is 8.40. The molecule has 1 saturated heterocycles. The van der Waals surface area contributed by atoms with Gasteiger partial charge in [-0.25, -0.2) is 4.98 Å². The topological polar surface area (TPSA) is 41.1 Å². The van der Waals surface area contributed by atoms with Crippen LogP contribution in [-0.2, 0) is 6.42 Å². The zero-order valence-electron chi connectivity index (χ0n) is 14.3. The zero-order valence-corrected chi connectivity index (χ0v) is 14.3. The summed E-state index contributed by atoms with van der Waals surface area (Å²) in [5.41, 5.74) is 3.66. The highest BCUT2D eigenvalue weighted by Gasteiger charge is 2.18. The third kappa shape index (κ3) is 3.63. The van der Waals surface area contributed by atoms with Crippen molar-refractivity contribution in [3.8, 4) is 0 Å². The molecule has 0 saturated carbocycles. The van der Waals surface area contributed by atoms with E-state index in [9.17, 15) is 0 Å². The van der Waals surface area contributed by atoms with E-state index in [0.717, 1.165) is 36.9 Å². The van der Waals surface area contributed by atoms with Crippen LogP contribution >= 0.6 is 0 Å². The lowest BCUT2D eigenvalue weighted by atomic mass is 10.0. The lowest BCUT2D eigenvalue weighted by Crippen LogP contribution is -2.34. The van der Waals surface area contributed by atoms with E-state index in [1.54, 1.807) is 0 Å². The molecular formula is C19H26N4. The van der Waals surface area contributed by atoms with Gasteiger partial charge in [-0.05, 0) is 49.3 Å². The number of piperidine rings is 1. The summed E-state index contributed by atoms with van der Waals surface area (Å²) in [7, 11) is 0. The summed E-state index contributed by atoms with van der Waals surface area (Å²) in [5.74, 6) is 2.45. The van der Waals surface area contributed by atoms with Crippen LogP contribution in [0.3, 0.4) is 0 Å². The van der Waals surface area contributed by atoms with E-state index in [2.05, 4.69) is 54.2 Å². The molecule has 0 spiro atoms. The number of benzene rings is 1. The van der Waals surface area contributed by atoms with Gasteiger partial charge in [0.05, 0.1) is 0 Å². The monoisotopic (exact) mass is 310 g/mol. The molecule has 1 fully saturated rings. The Hall–Kier alpha value is -2.10. The van der Waals surface area contributed by atoms with Crippen LogP contribution in [0, 0.1) is 12.8 Å². The summed E-state index contributed by atoms with van der Waals surface area (Å²) < 4.78 is 0. The van der Waals surface area contributed by atoms with Crippen molar-refractivity contribution in [2.24, 2.45) is 5.92 Å². The normalized spacial score (nSPS) is 18.0. The number of aromatic nitrogens is 2. The van der Waals surface area contributed by atoms with Gasteiger partial charge in [-0.3, -0.25) is 0 Å². The molecule has 0 radical (unpaired) electrons. The van der Waals surface area contributed by atoms with Crippen LogP contribution in [0.5, 0.6) is 0 Å². The SMILES string of the molecule is CCc1cccc(C)c1Nc1nccc(N2CCCC(C)C2)n1. The maximum absolute atomic E-state index is 4.75. The summed E-state index contributed by atoms with van der Waals surface area (Å²) in [6.45, 7) is 8.78. The molecule has 2 heterocycles. The van der Waals surface area contributed by atoms with E-state index < -0.39 is 0 Å². The molecular weight excluding hydrogens is 284 g/mol. The first-order valence-electron chi connectivity index (χ1n) is 8.61. The van der Waals surface area contributed by atoms with Gasteiger partial charge < -0.3 is 10.2 Å². The van der Waals surface area contributed by atoms with Crippen molar-refractivity contribution in [2.75, 3.05) is 23.3 Å². The maximum atomic E-state index is 4.75. The number of hydrogen-bond donors (Lipinski definition) is 1. The molecule has 4 nitrogen and oxygen atoms in total. The molecule has 0 amide bonds. The predicted octanol–water partition coefficient (Wildman–Crippen LogP) is 4.33. The van der Waals surface area contributed by atoms with Crippen LogP contribution in [-0.4, -0.2) is 23.1 Å². The molecule has 1 unspecified atom stereocenters. The summed E-state index contributed by atoms with van der Waals surface area (Å²) >= 11 is 0. The van der Waals surface area contributed by atoms with Crippen LogP contribution < -0.4 is 10.2 Å².